The zero-order valence-electron chi connectivity index (χ0n) is 36.0. The van der Waals surface area contributed by atoms with Crippen molar-refractivity contribution in [1.29, 1.82) is 0 Å². The minimum absolute atomic E-state index is 0.0471. The lowest BCUT2D eigenvalue weighted by atomic mass is 10.1. The lowest BCUT2D eigenvalue weighted by molar-refractivity contribution is -0.697. The number of benzene rings is 2. The number of unbranched alkanes of at least 4 members (excludes halogenated alkanes) is 1. The molecule has 1 atom stereocenters. The molecule has 3 aromatic rings. The molecule has 61 heavy (non-hydrogen) atoms. The quantitative estimate of drug-likeness (QED) is 0.0133. The number of anilines is 2. The number of hydrogen-bond acceptors (Lipinski definition) is 13. The van der Waals surface area contributed by atoms with Gasteiger partial charge in [0.2, 0.25) is 0 Å². The largest absolute Gasteiger partial charge is 0.395 e. The van der Waals surface area contributed by atoms with E-state index >= 15 is 0 Å². The molecule has 1 heterocycles. The molecule has 8 N–H and O–H groups in total. The molecule has 0 bridgehead atoms. The van der Waals surface area contributed by atoms with Gasteiger partial charge >= 0.3 is 0 Å². The van der Waals surface area contributed by atoms with Crippen LogP contribution >= 0.6 is 21.6 Å². The molecule has 3 rings (SSSR count). The molecule has 0 saturated carbocycles. The summed E-state index contributed by atoms with van der Waals surface area (Å²) in [7, 11) is 3.64. The molecule has 12 nitrogen and oxygen atoms in total. The van der Waals surface area contributed by atoms with E-state index in [9.17, 15) is 25.5 Å². The number of hydrogen-bond donors (Lipinski definition) is 8. The van der Waals surface area contributed by atoms with Crippen molar-refractivity contribution in [2.45, 2.75) is 45.4 Å². The third kappa shape index (κ3) is 23.4. The van der Waals surface area contributed by atoms with Crippen LogP contribution in [0.2, 0.25) is 0 Å². The molecule has 0 aliphatic carbocycles. The monoisotopic (exact) mass is 879 g/mol. The molecule has 1 unspecified atom stereocenters. The van der Waals surface area contributed by atoms with Gasteiger partial charge in [-0.25, -0.2) is 4.57 Å². The van der Waals surface area contributed by atoms with Gasteiger partial charge in [-0.15, -0.1) is 0 Å². The van der Waals surface area contributed by atoms with Gasteiger partial charge in [-0.05, 0) is 85.0 Å². The number of ether oxygens (including phenoxy) is 1. The van der Waals surface area contributed by atoms with E-state index in [-0.39, 0.29) is 26.4 Å². The van der Waals surface area contributed by atoms with Gasteiger partial charge in [0.25, 0.3) is 0 Å². The fraction of sp³-hybridized carbons (Fsp3) is 0.468. The third-order valence-corrected chi connectivity index (χ3v) is 12.0. The fourth-order valence-electron chi connectivity index (χ4n) is 6.13. The molecule has 0 saturated heterocycles. The smallest absolute Gasteiger partial charge is 0.169 e. The third-order valence-electron chi connectivity index (χ3n) is 9.55. The van der Waals surface area contributed by atoms with E-state index in [1.54, 1.807) is 0 Å². The van der Waals surface area contributed by atoms with E-state index in [1.807, 2.05) is 93.0 Å². The Kier molecular flexibility index (Phi) is 28.7. The summed E-state index contributed by atoms with van der Waals surface area (Å²) in [5.74, 6) is 1.93. The zero-order valence-corrected chi connectivity index (χ0v) is 37.6. The average molecular weight is 880 g/mol. The van der Waals surface area contributed by atoms with Crippen LogP contribution in [0.3, 0.4) is 0 Å². The van der Waals surface area contributed by atoms with Crippen molar-refractivity contribution >= 4 is 51.2 Å². The minimum atomic E-state index is -0.504. The molecule has 14 heteroatoms. The summed E-state index contributed by atoms with van der Waals surface area (Å²) in [6.45, 7) is 8.88. The van der Waals surface area contributed by atoms with Crippen LogP contribution in [-0.4, -0.2) is 129 Å². The van der Waals surface area contributed by atoms with Gasteiger partial charge < -0.3 is 45.4 Å². The number of aliphatic hydroxyl groups excluding tert-OH is 5. The summed E-state index contributed by atoms with van der Waals surface area (Å²) < 4.78 is 7.87. The molecule has 1 aromatic heterocycles. The number of aryl methyl sites for hydroxylation is 1. The van der Waals surface area contributed by atoms with Crippen LogP contribution < -0.4 is 30.3 Å². The minimum Gasteiger partial charge on any atom is -0.395 e. The second-order valence-corrected chi connectivity index (χ2v) is 16.9. The van der Waals surface area contributed by atoms with Crippen molar-refractivity contribution in [1.82, 2.24) is 16.0 Å². The SMILES string of the molecule is C/C=C(\C=C/NCCCCOCNCCSSCCNC(O)CCC[n+]1ccc(/C=C/c2ccc(N(CCO)CCO)cc2)cc1)/C=C/c1ccc(N(CCO)CCO)cc1. The Bertz CT molecular complexity index is 1650. The van der Waals surface area contributed by atoms with Crippen LogP contribution in [0.25, 0.3) is 18.2 Å². The summed E-state index contributed by atoms with van der Waals surface area (Å²) in [5, 5.41) is 57.4. The molecule has 0 amide bonds. The number of pyridine rings is 1. The Morgan fingerprint density at radius 1 is 0.689 bits per heavy atom. The highest BCUT2D eigenvalue weighted by Gasteiger charge is 2.08. The highest BCUT2D eigenvalue weighted by Crippen LogP contribution is 2.20. The van der Waals surface area contributed by atoms with Crippen LogP contribution in [0, 0.1) is 0 Å². The average Bonchev–Trinajstić information content (AvgIpc) is 3.28. The molecule has 0 fully saturated rings. The maximum absolute atomic E-state index is 10.4. The Hall–Kier alpha value is -3.67. The van der Waals surface area contributed by atoms with Crippen LogP contribution in [0.5, 0.6) is 0 Å². The maximum atomic E-state index is 10.4. The number of nitrogens with zero attached hydrogens (tertiary/aromatic N) is 3. The molecule has 0 aliphatic rings. The van der Waals surface area contributed by atoms with Gasteiger partial charge in [-0.1, -0.05) is 76.2 Å². The normalized spacial score (nSPS) is 12.6. The number of rotatable bonds is 35. The van der Waals surface area contributed by atoms with Crippen molar-refractivity contribution < 1.29 is 34.8 Å². The van der Waals surface area contributed by atoms with E-state index in [1.165, 1.54) is 0 Å². The van der Waals surface area contributed by atoms with Crippen molar-refractivity contribution in [2.75, 3.05) is 107 Å². The summed E-state index contributed by atoms with van der Waals surface area (Å²) in [4.78, 5) is 3.92. The standard InChI is InChI=1S/C47H71N6O6S2/c1-2-41(7-8-42-11-15-45(16-12-42)52(29-33-54)30-34-55)19-23-48-22-3-4-37-59-40-49-24-38-60-61-39-25-50-47(58)6-5-26-51-27-20-44(21-28-51)10-9-43-13-17-46(18-14-43)53(31-35-56)32-36-57/h2,7-21,23,27-28,47-50,54-58H,3-6,22,24-26,29-40H2,1H3/q+1/b8-7+,23-19-,41-2-. The highest BCUT2D eigenvalue weighted by molar-refractivity contribution is 8.76. The Balaban J connectivity index is 1.11. The Labute approximate surface area is 372 Å². The maximum Gasteiger partial charge on any atom is 0.169 e. The molecule has 0 radical (unpaired) electrons. The van der Waals surface area contributed by atoms with Crippen molar-refractivity contribution in [3.8, 4) is 0 Å². The summed E-state index contributed by atoms with van der Waals surface area (Å²) in [5.41, 5.74) is 6.35. The van der Waals surface area contributed by atoms with E-state index in [2.05, 4.69) is 81.5 Å². The Morgan fingerprint density at radius 2 is 1.25 bits per heavy atom. The highest BCUT2D eigenvalue weighted by atomic mass is 33.1. The number of allylic oxidation sites excluding steroid dienone is 4. The van der Waals surface area contributed by atoms with Gasteiger partial charge in [-0.3, -0.25) is 10.6 Å². The van der Waals surface area contributed by atoms with E-state index in [0.29, 0.717) is 39.3 Å². The predicted octanol–water partition coefficient (Wildman–Crippen LogP) is 4.90. The number of nitrogens with one attached hydrogen (secondary N) is 3. The molecule has 336 valence electrons. The summed E-state index contributed by atoms with van der Waals surface area (Å²) >= 11 is 0. The van der Waals surface area contributed by atoms with Crippen molar-refractivity contribution in [3.05, 3.63) is 120 Å². The van der Waals surface area contributed by atoms with Gasteiger partial charge in [0.1, 0.15) is 12.8 Å². The molecule has 2 aromatic carbocycles. The van der Waals surface area contributed by atoms with Crippen LogP contribution in [0.4, 0.5) is 11.4 Å². The summed E-state index contributed by atoms with van der Waals surface area (Å²) in [6, 6.07) is 20.4. The lowest BCUT2D eigenvalue weighted by Crippen LogP contribution is -2.35. The first-order valence-electron chi connectivity index (χ1n) is 21.5. The van der Waals surface area contributed by atoms with Gasteiger partial charge in [0.15, 0.2) is 12.4 Å². The first-order valence-corrected chi connectivity index (χ1v) is 24.0. The van der Waals surface area contributed by atoms with E-state index < -0.39 is 6.23 Å². The topological polar surface area (TPSA) is 157 Å². The Morgan fingerprint density at radius 3 is 1.82 bits per heavy atom. The number of aromatic nitrogens is 1. The zero-order chi connectivity index (χ0) is 43.6. The second-order valence-electron chi connectivity index (χ2n) is 14.2. The van der Waals surface area contributed by atoms with Crippen molar-refractivity contribution in [2.24, 2.45) is 0 Å². The van der Waals surface area contributed by atoms with E-state index in [0.717, 1.165) is 97.2 Å². The molecular weight excluding hydrogens is 809 g/mol. The second kappa shape index (κ2) is 33.9. The predicted molar refractivity (Wildman–Crippen MR) is 257 cm³/mol. The van der Waals surface area contributed by atoms with Gasteiger partial charge in [0, 0.05) is 93.9 Å². The number of aliphatic hydroxyl groups is 5. The van der Waals surface area contributed by atoms with E-state index in [4.69, 9.17) is 4.74 Å². The first kappa shape index (κ1) is 51.7. The summed E-state index contributed by atoms with van der Waals surface area (Å²) in [6.07, 6.45) is 21.7. The first-order chi connectivity index (χ1) is 30.0. The van der Waals surface area contributed by atoms with Gasteiger partial charge in [0.05, 0.1) is 33.2 Å². The molecular formula is C47H71N6O6S2+. The van der Waals surface area contributed by atoms with Crippen molar-refractivity contribution in [3.63, 3.8) is 0 Å². The lowest BCUT2D eigenvalue weighted by Gasteiger charge is -2.22. The van der Waals surface area contributed by atoms with Crippen LogP contribution in [0.15, 0.2) is 103 Å². The molecule has 0 spiro atoms. The van der Waals surface area contributed by atoms with Crippen LogP contribution in [0.1, 0.15) is 49.3 Å². The molecule has 0 aliphatic heterocycles. The fourth-order valence-corrected chi connectivity index (χ4v) is 8.00. The van der Waals surface area contributed by atoms with Gasteiger partial charge in [-0.2, -0.15) is 0 Å². The van der Waals surface area contributed by atoms with Crippen LogP contribution in [-0.2, 0) is 11.3 Å².